The van der Waals surface area contributed by atoms with Gasteiger partial charge in [0.1, 0.15) is 12.6 Å². The highest BCUT2D eigenvalue weighted by Gasteiger charge is 2.33. The van der Waals surface area contributed by atoms with Crippen LogP contribution in [0.2, 0.25) is 5.02 Å². The molecule has 0 aliphatic rings. The Morgan fingerprint density at radius 3 is 2.17 bits per heavy atom. The van der Waals surface area contributed by atoms with Crippen molar-refractivity contribution in [1.29, 1.82) is 0 Å². The average Bonchev–Trinajstić information content (AvgIpc) is 2.73. The van der Waals surface area contributed by atoms with E-state index >= 15 is 0 Å². The van der Waals surface area contributed by atoms with Gasteiger partial charge in [-0.3, -0.25) is 13.9 Å². The average molecular weight is 522 g/mol. The maximum atomic E-state index is 13.7. The Labute approximate surface area is 214 Å². The summed E-state index contributed by atoms with van der Waals surface area (Å²) in [6.07, 6.45) is 1.44. The van der Waals surface area contributed by atoms with Crippen molar-refractivity contribution in [2.45, 2.75) is 66.1 Å². The second kappa shape index (κ2) is 11.4. The van der Waals surface area contributed by atoms with Crippen LogP contribution in [-0.2, 0) is 26.2 Å². The minimum absolute atomic E-state index is 0.135. The zero-order valence-corrected chi connectivity index (χ0v) is 23.1. The number of aryl methyl sites for hydroxylation is 2. The van der Waals surface area contributed by atoms with Gasteiger partial charge in [-0.1, -0.05) is 42.8 Å². The third-order valence-electron chi connectivity index (χ3n) is 5.46. The van der Waals surface area contributed by atoms with Crippen LogP contribution < -0.4 is 9.62 Å². The first kappa shape index (κ1) is 28.7. The molecule has 1 N–H and O–H groups in total. The van der Waals surface area contributed by atoms with Gasteiger partial charge in [-0.05, 0) is 75.9 Å². The summed E-state index contributed by atoms with van der Waals surface area (Å²) in [6, 6.07) is 11.7. The molecular weight excluding hydrogens is 486 g/mol. The molecule has 7 nitrogen and oxygen atoms in total. The van der Waals surface area contributed by atoms with E-state index in [2.05, 4.69) is 5.32 Å². The van der Waals surface area contributed by atoms with Gasteiger partial charge in [0, 0.05) is 17.1 Å². The predicted molar refractivity (Wildman–Crippen MR) is 142 cm³/mol. The third kappa shape index (κ3) is 8.25. The van der Waals surface area contributed by atoms with Gasteiger partial charge in [0.05, 0.1) is 11.9 Å². The topological polar surface area (TPSA) is 86.8 Å². The largest absolute Gasteiger partial charge is 0.350 e. The van der Waals surface area contributed by atoms with Crippen LogP contribution in [0.3, 0.4) is 0 Å². The summed E-state index contributed by atoms with van der Waals surface area (Å²) in [4.78, 5) is 28.4. The Balaban J connectivity index is 2.49. The quantitative estimate of drug-likeness (QED) is 0.528. The predicted octanol–water partition coefficient (Wildman–Crippen LogP) is 4.44. The van der Waals surface area contributed by atoms with Crippen LogP contribution in [0.4, 0.5) is 5.69 Å². The lowest BCUT2D eigenvalue weighted by Gasteiger charge is -2.34. The van der Waals surface area contributed by atoms with Crippen LogP contribution in [0.5, 0.6) is 0 Å². The van der Waals surface area contributed by atoms with Crippen molar-refractivity contribution >= 4 is 39.1 Å². The van der Waals surface area contributed by atoms with Gasteiger partial charge in [0.2, 0.25) is 21.8 Å². The molecule has 2 aromatic rings. The molecule has 192 valence electrons. The lowest BCUT2D eigenvalue weighted by molar-refractivity contribution is -0.141. The fraction of sp³-hybridized carbons (Fsp3) is 0.462. The number of hydrogen-bond acceptors (Lipinski definition) is 4. The number of anilines is 1. The molecule has 9 heteroatoms. The second-order valence-corrected chi connectivity index (χ2v) is 12.2. The number of sulfonamides is 1. The molecule has 35 heavy (non-hydrogen) atoms. The van der Waals surface area contributed by atoms with Crippen molar-refractivity contribution in [3.63, 3.8) is 0 Å². The molecule has 0 saturated heterocycles. The van der Waals surface area contributed by atoms with Crippen LogP contribution in [0.15, 0.2) is 42.5 Å². The summed E-state index contributed by atoms with van der Waals surface area (Å²) in [5, 5.41) is 3.50. The SMILES string of the molecule is CC[C@@H](C(=O)NC(C)(C)C)N(Cc1ccc(Cl)cc1)C(=O)CN(c1cc(C)ccc1C)S(C)(=O)=O. The Morgan fingerprint density at radius 2 is 1.66 bits per heavy atom. The van der Waals surface area contributed by atoms with E-state index in [1.807, 2.05) is 46.8 Å². The molecule has 2 rings (SSSR count). The van der Waals surface area contributed by atoms with Crippen molar-refractivity contribution in [3.05, 3.63) is 64.2 Å². The van der Waals surface area contributed by atoms with Gasteiger partial charge in [-0.15, -0.1) is 0 Å². The molecule has 0 fully saturated rings. The van der Waals surface area contributed by atoms with E-state index in [1.165, 1.54) is 4.90 Å². The first-order valence-corrected chi connectivity index (χ1v) is 13.8. The number of rotatable bonds is 9. The molecule has 0 aliphatic heterocycles. The molecule has 0 bridgehead atoms. The summed E-state index contributed by atoms with van der Waals surface area (Å²) in [5.41, 5.74) is 2.34. The van der Waals surface area contributed by atoms with Crippen LogP contribution in [0.25, 0.3) is 0 Å². The van der Waals surface area contributed by atoms with Gasteiger partial charge in [-0.25, -0.2) is 8.42 Å². The minimum atomic E-state index is -3.78. The van der Waals surface area contributed by atoms with Gasteiger partial charge in [0.15, 0.2) is 0 Å². The number of amides is 2. The van der Waals surface area contributed by atoms with E-state index in [-0.39, 0.29) is 12.5 Å². The molecule has 2 aromatic carbocycles. The first-order valence-electron chi connectivity index (χ1n) is 11.5. The lowest BCUT2D eigenvalue weighted by atomic mass is 10.1. The van der Waals surface area contributed by atoms with E-state index in [0.717, 1.165) is 27.3 Å². The summed E-state index contributed by atoms with van der Waals surface area (Å²) in [5.74, 6) is -0.762. The highest BCUT2D eigenvalue weighted by atomic mass is 35.5. The summed E-state index contributed by atoms with van der Waals surface area (Å²) in [7, 11) is -3.78. The molecule has 0 radical (unpaired) electrons. The standard InChI is InChI=1S/C26H36ClN3O4S/c1-8-22(25(32)28-26(4,5)6)29(16-20-11-13-21(27)14-12-20)24(31)17-30(35(7,33)34)23-15-18(2)9-10-19(23)3/h9-15,22H,8,16-17H2,1-7H3,(H,28,32)/t22-/m0/s1. The Bertz CT molecular complexity index is 1160. The molecule has 0 spiro atoms. The molecule has 2 amide bonds. The van der Waals surface area contributed by atoms with Crippen molar-refractivity contribution < 1.29 is 18.0 Å². The Kier molecular flexibility index (Phi) is 9.36. The smallest absolute Gasteiger partial charge is 0.244 e. The van der Waals surface area contributed by atoms with Crippen LogP contribution in [0.1, 0.15) is 50.8 Å². The lowest BCUT2D eigenvalue weighted by Crippen LogP contribution is -2.55. The Morgan fingerprint density at radius 1 is 1.06 bits per heavy atom. The van der Waals surface area contributed by atoms with E-state index in [9.17, 15) is 18.0 Å². The molecule has 0 aliphatic carbocycles. The molecular formula is C26H36ClN3O4S. The number of carbonyl (C=O) groups excluding carboxylic acids is 2. The highest BCUT2D eigenvalue weighted by Crippen LogP contribution is 2.25. The zero-order chi connectivity index (χ0) is 26.6. The maximum absolute atomic E-state index is 13.7. The van der Waals surface area contributed by atoms with Crippen LogP contribution in [-0.4, -0.2) is 49.5 Å². The monoisotopic (exact) mass is 521 g/mol. The van der Waals surface area contributed by atoms with Crippen LogP contribution in [0, 0.1) is 13.8 Å². The molecule has 0 saturated carbocycles. The molecule has 1 atom stereocenters. The molecule has 0 unspecified atom stereocenters. The number of nitrogens with zero attached hydrogens (tertiary/aromatic N) is 2. The summed E-state index contributed by atoms with van der Waals surface area (Å²) >= 11 is 6.02. The van der Waals surface area contributed by atoms with E-state index in [1.54, 1.807) is 37.3 Å². The van der Waals surface area contributed by atoms with Gasteiger partial charge in [0.25, 0.3) is 0 Å². The zero-order valence-electron chi connectivity index (χ0n) is 21.6. The molecule has 0 aromatic heterocycles. The summed E-state index contributed by atoms with van der Waals surface area (Å²) < 4.78 is 26.7. The van der Waals surface area contributed by atoms with Gasteiger partial charge in [-0.2, -0.15) is 0 Å². The Hall–Kier alpha value is -2.58. The first-order chi connectivity index (χ1) is 16.1. The fourth-order valence-corrected chi connectivity index (χ4v) is 4.77. The normalized spacial score (nSPS) is 12.7. The van der Waals surface area contributed by atoms with E-state index in [4.69, 9.17) is 11.6 Å². The summed E-state index contributed by atoms with van der Waals surface area (Å²) in [6.45, 7) is 10.8. The van der Waals surface area contributed by atoms with Crippen molar-refractivity contribution in [1.82, 2.24) is 10.2 Å². The number of halogens is 1. The second-order valence-electron chi connectivity index (χ2n) is 9.87. The molecule has 0 heterocycles. The van der Waals surface area contributed by atoms with E-state index < -0.39 is 34.1 Å². The highest BCUT2D eigenvalue weighted by molar-refractivity contribution is 7.92. The van der Waals surface area contributed by atoms with Gasteiger partial charge < -0.3 is 10.2 Å². The van der Waals surface area contributed by atoms with Crippen molar-refractivity contribution in [3.8, 4) is 0 Å². The maximum Gasteiger partial charge on any atom is 0.244 e. The number of carbonyl (C=O) groups is 2. The van der Waals surface area contributed by atoms with Crippen molar-refractivity contribution in [2.75, 3.05) is 17.1 Å². The fourth-order valence-electron chi connectivity index (χ4n) is 3.74. The van der Waals surface area contributed by atoms with E-state index in [0.29, 0.717) is 17.1 Å². The number of hydrogen-bond donors (Lipinski definition) is 1. The van der Waals surface area contributed by atoms with Crippen LogP contribution >= 0.6 is 11.6 Å². The third-order valence-corrected chi connectivity index (χ3v) is 6.84. The van der Waals surface area contributed by atoms with Crippen molar-refractivity contribution in [2.24, 2.45) is 0 Å². The number of nitrogens with one attached hydrogen (secondary N) is 1. The minimum Gasteiger partial charge on any atom is -0.350 e. The number of benzene rings is 2. The van der Waals surface area contributed by atoms with Gasteiger partial charge >= 0.3 is 0 Å².